The molecule has 1 amide bonds. The number of fused-ring (bicyclic) bond motifs is 1. The smallest absolute Gasteiger partial charge is 0.287 e. The van der Waals surface area contributed by atoms with E-state index in [0.29, 0.717) is 22.5 Å². The zero-order chi connectivity index (χ0) is 16.6. The summed E-state index contributed by atoms with van der Waals surface area (Å²) in [5.74, 6) is -0.492. The first kappa shape index (κ1) is 15.3. The maximum Gasteiger partial charge on any atom is 0.287 e. The zero-order valence-electron chi connectivity index (χ0n) is 12.6. The summed E-state index contributed by atoms with van der Waals surface area (Å²) in [6, 6.07) is 4.37. The van der Waals surface area contributed by atoms with Crippen LogP contribution in [0.25, 0.3) is 11.0 Å². The number of halogens is 1. The van der Waals surface area contributed by atoms with Gasteiger partial charge >= 0.3 is 0 Å². The van der Waals surface area contributed by atoms with Crippen LogP contribution in [-0.4, -0.2) is 15.7 Å². The second-order valence-corrected chi connectivity index (χ2v) is 5.68. The lowest BCUT2D eigenvalue weighted by Gasteiger charge is -2.05. The Hall–Kier alpha value is -2.60. The predicted octanol–water partition coefficient (Wildman–Crippen LogP) is 2.42. The van der Waals surface area contributed by atoms with E-state index in [-0.39, 0.29) is 11.2 Å². The highest BCUT2D eigenvalue weighted by Crippen LogP contribution is 2.22. The molecule has 0 aliphatic heterocycles. The molecule has 3 rings (SSSR count). The first-order chi connectivity index (χ1) is 10.9. The van der Waals surface area contributed by atoms with Crippen molar-refractivity contribution < 1.29 is 9.21 Å². The number of rotatable bonds is 3. The van der Waals surface area contributed by atoms with Gasteiger partial charge in [-0.05, 0) is 24.6 Å². The molecular weight excluding hydrogens is 318 g/mol. The van der Waals surface area contributed by atoms with Crippen molar-refractivity contribution in [3.05, 3.63) is 62.7 Å². The van der Waals surface area contributed by atoms with Crippen LogP contribution in [0.15, 0.2) is 39.8 Å². The number of carbonyl (C=O) groups is 1. The molecule has 0 fully saturated rings. The van der Waals surface area contributed by atoms with Crippen LogP contribution < -0.4 is 10.7 Å². The third-order valence-electron chi connectivity index (χ3n) is 3.44. The number of amides is 1. The van der Waals surface area contributed by atoms with Crippen molar-refractivity contribution in [2.75, 3.05) is 0 Å². The molecule has 0 saturated heterocycles. The molecule has 2 heterocycles. The molecule has 6 nitrogen and oxygen atoms in total. The standard InChI is InChI=1S/C16H14ClN3O3/c1-9-3-14-11(4-12(9)17)13(21)5-15(23-14)16(22)18-6-10-7-19-20(2)8-10/h3-5,7-8H,6H2,1-2H3,(H,18,22). The summed E-state index contributed by atoms with van der Waals surface area (Å²) in [6.07, 6.45) is 3.45. The molecule has 0 atom stereocenters. The van der Waals surface area contributed by atoms with Crippen LogP contribution in [0.5, 0.6) is 0 Å². The molecule has 0 aliphatic carbocycles. The Bertz CT molecular complexity index is 959. The van der Waals surface area contributed by atoms with Crippen LogP contribution in [-0.2, 0) is 13.6 Å². The summed E-state index contributed by atoms with van der Waals surface area (Å²) in [5, 5.41) is 7.55. The molecule has 23 heavy (non-hydrogen) atoms. The lowest BCUT2D eigenvalue weighted by Crippen LogP contribution is -2.23. The minimum atomic E-state index is -0.458. The lowest BCUT2D eigenvalue weighted by molar-refractivity contribution is 0.0923. The fraction of sp³-hybridized carbons (Fsp3) is 0.188. The molecule has 1 N–H and O–H groups in total. The molecule has 1 aromatic carbocycles. The van der Waals surface area contributed by atoms with Gasteiger partial charge in [0.25, 0.3) is 5.91 Å². The van der Waals surface area contributed by atoms with E-state index in [0.717, 1.165) is 11.1 Å². The summed E-state index contributed by atoms with van der Waals surface area (Å²) < 4.78 is 7.19. The molecule has 0 saturated carbocycles. The fourth-order valence-corrected chi connectivity index (χ4v) is 2.38. The van der Waals surface area contributed by atoms with Gasteiger partial charge in [0.1, 0.15) is 5.58 Å². The van der Waals surface area contributed by atoms with Crippen LogP contribution in [0.2, 0.25) is 5.02 Å². The molecule has 2 aromatic heterocycles. The average Bonchev–Trinajstić information content (AvgIpc) is 2.92. The maximum absolute atomic E-state index is 12.2. The largest absolute Gasteiger partial charge is 0.451 e. The van der Waals surface area contributed by atoms with Crippen molar-refractivity contribution >= 4 is 28.5 Å². The van der Waals surface area contributed by atoms with Crippen molar-refractivity contribution in [1.82, 2.24) is 15.1 Å². The number of aryl methyl sites for hydroxylation is 2. The van der Waals surface area contributed by atoms with Crippen molar-refractivity contribution in [1.29, 1.82) is 0 Å². The van der Waals surface area contributed by atoms with Crippen LogP contribution in [0.4, 0.5) is 0 Å². The van der Waals surface area contributed by atoms with Gasteiger partial charge in [-0.25, -0.2) is 0 Å². The average molecular weight is 332 g/mol. The number of nitrogens with one attached hydrogen (secondary N) is 1. The summed E-state index contributed by atoms with van der Waals surface area (Å²) in [5.41, 5.74) is 1.66. The van der Waals surface area contributed by atoms with Gasteiger partial charge in [0, 0.05) is 36.4 Å². The minimum Gasteiger partial charge on any atom is -0.451 e. The summed E-state index contributed by atoms with van der Waals surface area (Å²) >= 11 is 6.01. The Labute approximate surface area is 136 Å². The zero-order valence-corrected chi connectivity index (χ0v) is 13.3. The molecular formula is C16H14ClN3O3. The van der Waals surface area contributed by atoms with Gasteiger partial charge in [-0.3, -0.25) is 14.3 Å². The topological polar surface area (TPSA) is 77.1 Å². The predicted molar refractivity (Wildman–Crippen MR) is 86.6 cm³/mol. The van der Waals surface area contributed by atoms with E-state index in [1.165, 1.54) is 6.07 Å². The summed E-state index contributed by atoms with van der Waals surface area (Å²) in [6.45, 7) is 2.10. The quantitative estimate of drug-likeness (QED) is 0.799. The molecule has 0 aliphatic rings. The highest BCUT2D eigenvalue weighted by molar-refractivity contribution is 6.32. The third kappa shape index (κ3) is 3.12. The van der Waals surface area contributed by atoms with Crippen LogP contribution in [0, 0.1) is 6.92 Å². The Morgan fingerprint density at radius 3 is 2.87 bits per heavy atom. The number of carbonyl (C=O) groups excluding carboxylic acids is 1. The number of hydrogen-bond acceptors (Lipinski definition) is 4. The summed E-state index contributed by atoms with van der Waals surface area (Å²) in [4.78, 5) is 24.3. The van der Waals surface area contributed by atoms with Gasteiger partial charge < -0.3 is 9.73 Å². The number of aromatic nitrogens is 2. The first-order valence-corrected chi connectivity index (χ1v) is 7.31. The third-order valence-corrected chi connectivity index (χ3v) is 3.85. The van der Waals surface area contributed by atoms with E-state index < -0.39 is 5.91 Å². The van der Waals surface area contributed by atoms with Gasteiger partial charge in [-0.1, -0.05) is 11.6 Å². The van der Waals surface area contributed by atoms with Gasteiger partial charge in [0.15, 0.2) is 11.2 Å². The van der Waals surface area contributed by atoms with E-state index in [1.54, 1.807) is 43.2 Å². The normalized spacial score (nSPS) is 10.9. The van der Waals surface area contributed by atoms with Crippen molar-refractivity contribution in [3.8, 4) is 0 Å². The molecule has 118 valence electrons. The minimum absolute atomic E-state index is 0.0342. The van der Waals surface area contributed by atoms with Crippen LogP contribution in [0.3, 0.4) is 0 Å². The van der Waals surface area contributed by atoms with Crippen molar-refractivity contribution in [3.63, 3.8) is 0 Å². The van der Waals surface area contributed by atoms with E-state index >= 15 is 0 Å². The first-order valence-electron chi connectivity index (χ1n) is 6.94. The summed E-state index contributed by atoms with van der Waals surface area (Å²) in [7, 11) is 1.79. The molecule has 0 radical (unpaired) electrons. The van der Waals surface area contributed by atoms with Gasteiger partial charge in [0.05, 0.1) is 11.6 Å². The second-order valence-electron chi connectivity index (χ2n) is 5.28. The molecule has 0 spiro atoms. The number of nitrogens with zero attached hydrogens (tertiary/aromatic N) is 2. The number of hydrogen-bond donors (Lipinski definition) is 1. The number of benzene rings is 1. The van der Waals surface area contributed by atoms with Crippen LogP contribution in [0.1, 0.15) is 21.7 Å². The van der Waals surface area contributed by atoms with Gasteiger partial charge in [0.2, 0.25) is 0 Å². The Morgan fingerprint density at radius 1 is 1.39 bits per heavy atom. The molecule has 0 unspecified atom stereocenters. The van der Waals surface area contributed by atoms with E-state index in [4.69, 9.17) is 16.0 Å². The maximum atomic E-state index is 12.2. The van der Waals surface area contributed by atoms with Crippen molar-refractivity contribution in [2.24, 2.45) is 7.05 Å². The van der Waals surface area contributed by atoms with Crippen molar-refractivity contribution in [2.45, 2.75) is 13.5 Å². The van der Waals surface area contributed by atoms with E-state index in [1.807, 2.05) is 0 Å². The molecule has 3 aromatic rings. The second kappa shape index (κ2) is 5.89. The monoisotopic (exact) mass is 331 g/mol. The molecule has 7 heteroatoms. The highest BCUT2D eigenvalue weighted by atomic mass is 35.5. The fourth-order valence-electron chi connectivity index (χ4n) is 2.22. The lowest BCUT2D eigenvalue weighted by atomic mass is 10.1. The van der Waals surface area contributed by atoms with E-state index in [2.05, 4.69) is 10.4 Å². The Balaban J connectivity index is 1.88. The van der Waals surface area contributed by atoms with Gasteiger partial charge in [-0.15, -0.1) is 0 Å². The Morgan fingerprint density at radius 2 is 2.17 bits per heavy atom. The Kier molecular flexibility index (Phi) is 3.92. The highest BCUT2D eigenvalue weighted by Gasteiger charge is 2.13. The van der Waals surface area contributed by atoms with Crippen LogP contribution >= 0.6 is 11.6 Å². The van der Waals surface area contributed by atoms with E-state index in [9.17, 15) is 9.59 Å². The molecule has 0 bridgehead atoms. The SMILES string of the molecule is Cc1cc2oc(C(=O)NCc3cnn(C)c3)cc(=O)c2cc1Cl. The van der Waals surface area contributed by atoms with Gasteiger partial charge in [-0.2, -0.15) is 5.10 Å².